The molecule has 0 amide bonds. The average Bonchev–Trinajstić information content (AvgIpc) is 2.35. The van der Waals surface area contributed by atoms with Crippen molar-refractivity contribution in [2.45, 2.75) is 67.9 Å². The van der Waals surface area contributed by atoms with Gasteiger partial charge >= 0.3 is 5.97 Å². The standard InChI is InChI=1S/C16H24O5/c1-11(2)12(17)21-16-7-13(18)5-14(9-16,19-3)8-15(6-13,10-16)20-4/h18H,1,5-10H2,2-4H3. The van der Waals surface area contributed by atoms with Crippen LogP contribution in [0.25, 0.3) is 0 Å². The molecule has 0 aromatic rings. The van der Waals surface area contributed by atoms with Gasteiger partial charge in [0.25, 0.3) is 0 Å². The number of hydrogen-bond donors (Lipinski definition) is 1. The molecule has 0 aliphatic heterocycles. The zero-order chi connectivity index (χ0) is 15.5. The van der Waals surface area contributed by atoms with E-state index in [1.165, 1.54) is 0 Å². The molecular formula is C16H24O5. The van der Waals surface area contributed by atoms with E-state index in [4.69, 9.17) is 14.2 Å². The molecule has 4 aliphatic carbocycles. The second-order valence-corrected chi connectivity index (χ2v) is 7.41. The quantitative estimate of drug-likeness (QED) is 0.632. The number of carbonyl (C=O) groups is 1. The molecule has 0 heterocycles. The first-order valence-corrected chi connectivity index (χ1v) is 7.41. The van der Waals surface area contributed by atoms with Crippen molar-refractivity contribution in [3.63, 3.8) is 0 Å². The Labute approximate surface area is 125 Å². The fraction of sp³-hybridized carbons (Fsp3) is 0.812. The van der Waals surface area contributed by atoms with Gasteiger partial charge in [0.15, 0.2) is 0 Å². The number of ether oxygens (including phenoxy) is 3. The molecule has 5 nitrogen and oxygen atoms in total. The van der Waals surface area contributed by atoms with Gasteiger partial charge in [-0.15, -0.1) is 0 Å². The number of hydrogen-bond acceptors (Lipinski definition) is 5. The molecule has 4 aliphatic rings. The molecule has 4 saturated carbocycles. The maximum Gasteiger partial charge on any atom is 0.333 e. The van der Waals surface area contributed by atoms with Crippen molar-refractivity contribution >= 4 is 5.97 Å². The van der Waals surface area contributed by atoms with Gasteiger partial charge in [0.05, 0.1) is 16.8 Å². The summed E-state index contributed by atoms with van der Waals surface area (Å²) < 4.78 is 17.3. The number of carbonyl (C=O) groups excluding carboxylic acids is 1. The largest absolute Gasteiger partial charge is 0.455 e. The predicted octanol–water partition coefficient (Wildman–Crippen LogP) is 1.73. The van der Waals surface area contributed by atoms with Gasteiger partial charge in [0.1, 0.15) is 5.60 Å². The highest BCUT2D eigenvalue weighted by molar-refractivity contribution is 5.87. The predicted molar refractivity (Wildman–Crippen MR) is 75.8 cm³/mol. The SMILES string of the molecule is C=C(C)C(=O)OC12CC3(O)CC(OC)(CC(OC)(C3)C1)C2. The van der Waals surface area contributed by atoms with Gasteiger partial charge in [-0.2, -0.15) is 0 Å². The normalized spacial score (nSPS) is 47.4. The highest BCUT2D eigenvalue weighted by atomic mass is 16.6. The molecule has 1 N–H and O–H groups in total. The first kappa shape index (κ1) is 15.0. The van der Waals surface area contributed by atoms with Crippen LogP contribution in [0, 0.1) is 0 Å². The second kappa shape index (κ2) is 4.31. The van der Waals surface area contributed by atoms with Crippen LogP contribution in [0.1, 0.15) is 45.4 Å². The zero-order valence-electron chi connectivity index (χ0n) is 13.0. The molecule has 4 bridgehead atoms. The fourth-order valence-corrected chi connectivity index (χ4v) is 5.14. The van der Waals surface area contributed by atoms with Gasteiger partial charge in [-0.3, -0.25) is 0 Å². The van der Waals surface area contributed by atoms with Gasteiger partial charge < -0.3 is 19.3 Å². The molecule has 21 heavy (non-hydrogen) atoms. The molecule has 0 spiro atoms. The molecular weight excluding hydrogens is 272 g/mol. The van der Waals surface area contributed by atoms with Gasteiger partial charge in [-0.1, -0.05) is 6.58 Å². The van der Waals surface area contributed by atoms with E-state index in [1.54, 1.807) is 21.1 Å². The van der Waals surface area contributed by atoms with E-state index < -0.39 is 28.4 Å². The molecule has 4 rings (SSSR count). The van der Waals surface area contributed by atoms with Crippen LogP contribution in [0.15, 0.2) is 12.2 Å². The van der Waals surface area contributed by atoms with Crippen LogP contribution in [0.2, 0.25) is 0 Å². The molecule has 118 valence electrons. The highest BCUT2D eigenvalue weighted by Gasteiger charge is 2.70. The van der Waals surface area contributed by atoms with Gasteiger partial charge in [0, 0.05) is 58.3 Å². The van der Waals surface area contributed by atoms with Crippen LogP contribution in [-0.4, -0.2) is 47.7 Å². The number of aliphatic hydroxyl groups is 1. The van der Waals surface area contributed by atoms with Crippen LogP contribution in [-0.2, 0) is 19.0 Å². The molecule has 2 unspecified atom stereocenters. The van der Waals surface area contributed by atoms with Crippen molar-refractivity contribution in [2.24, 2.45) is 0 Å². The van der Waals surface area contributed by atoms with Crippen molar-refractivity contribution < 1.29 is 24.1 Å². The molecule has 0 aromatic heterocycles. The first-order chi connectivity index (χ1) is 9.69. The van der Waals surface area contributed by atoms with Crippen LogP contribution in [0.5, 0.6) is 0 Å². The fourth-order valence-electron chi connectivity index (χ4n) is 5.14. The minimum absolute atomic E-state index is 0.371. The second-order valence-electron chi connectivity index (χ2n) is 7.41. The lowest BCUT2D eigenvalue weighted by atomic mass is 9.48. The van der Waals surface area contributed by atoms with Gasteiger partial charge in [0.2, 0.25) is 0 Å². The summed E-state index contributed by atoms with van der Waals surface area (Å²) in [6.45, 7) is 5.28. The molecule has 0 saturated heterocycles. The Hall–Kier alpha value is -0.910. The average molecular weight is 296 g/mol. The summed E-state index contributed by atoms with van der Waals surface area (Å²) in [5, 5.41) is 10.9. The Morgan fingerprint density at radius 3 is 1.81 bits per heavy atom. The summed E-state index contributed by atoms with van der Waals surface area (Å²) in [6.07, 6.45) is 3.57. The van der Waals surface area contributed by atoms with Crippen molar-refractivity contribution in [3.05, 3.63) is 12.2 Å². The number of esters is 1. The summed E-state index contributed by atoms with van der Waals surface area (Å²) in [4.78, 5) is 12.0. The highest BCUT2D eigenvalue weighted by Crippen LogP contribution is 2.64. The minimum atomic E-state index is -0.893. The Balaban J connectivity index is 1.99. The Morgan fingerprint density at radius 1 is 0.952 bits per heavy atom. The van der Waals surface area contributed by atoms with Crippen molar-refractivity contribution in [1.29, 1.82) is 0 Å². The molecule has 5 heteroatoms. The third-order valence-electron chi connectivity index (χ3n) is 5.41. The summed E-state index contributed by atoms with van der Waals surface area (Å²) >= 11 is 0. The summed E-state index contributed by atoms with van der Waals surface area (Å²) in [6, 6.07) is 0. The van der Waals surface area contributed by atoms with E-state index >= 15 is 0 Å². The lowest BCUT2D eigenvalue weighted by Crippen LogP contribution is -2.73. The van der Waals surface area contributed by atoms with E-state index in [0.717, 1.165) is 6.42 Å². The van der Waals surface area contributed by atoms with E-state index in [0.29, 0.717) is 37.7 Å². The van der Waals surface area contributed by atoms with E-state index in [9.17, 15) is 9.90 Å². The van der Waals surface area contributed by atoms with E-state index in [-0.39, 0.29) is 0 Å². The van der Waals surface area contributed by atoms with Gasteiger partial charge in [-0.25, -0.2) is 4.79 Å². The monoisotopic (exact) mass is 296 g/mol. The zero-order valence-corrected chi connectivity index (χ0v) is 13.0. The topological polar surface area (TPSA) is 65.0 Å². The van der Waals surface area contributed by atoms with Crippen LogP contribution >= 0.6 is 0 Å². The lowest BCUT2D eigenvalue weighted by Gasteiger charge is -2.66. The van der Waals surface area contributed by atoms with Crippen LogP contribution in [0.4, 0.5) is 0 Å². The van der Waals surface area contributed by atoms with Crippen molar-refractivity contribution in [3.8, 4) is 0 Å². The molecule has 0 aromatic carbocycles. The molecule has 2 atom stereocenters. The first-order valence-electron chi connectivity index (χ1n) is 7.41. The maximum absolute atomic E-state index is 12.0. The number of methoxy groups -OCH3 is 2. The van der Waals surface area contributed by atoms with Gasteiger partial charge in [-0.05, 0) is 6.92 Å². The van der Waals surface area contributed by atoms with Crippen LogP contribution in [0.3, 0.4) is 0 Å². The molecule has 4 fully saturated rings. The van der Waals surface area contributed by atoms with E-state index in [1.807, 2.05) is 0 Å². The Morgan fingerprint density at radius 2 is 1.38 bits per heavy atom. The van der Waals surface area contributed by atoms with Crippen molar-refractivity contribution in [2.75, 3.05) is 14.2 Å². The Kier molecular flexibility index (Phi) is 3.08. The Bertz CT molecular complexity index is 477. The molecule has 0 radical (unpaired) electrons. The summed E-state index contributed by atoms with van der Waals surface area (Å²) in [5.74, 6) is -0.405. The minimum Gasteiger partial charge on any atom is -0.455 e. The smallest absolute Gasteiger partial charge is 0.333 e. The van der Waals surface area contributed by atoms with Crippen LogP contribution < -0.4 is 0 Å². The third-order valence-corrected chi connectivity index (χ3v) is 5.41. The maximum atomic E-state index is 12.0. The van der Waals surface area contributed by atoms with E-state index in [2.05, 4.69) is 6.58 Å². The van der Waals surface area contributed by atoms with Crippen molar-refractivity contribution in [1.82, 2.24) is 0 Å². The summed E-state index contributed by atoms with van der Waals surface area (Å²) in [7, 11) is 3.32. The lowest BCUT2D eigenvalue weighted by molar-refractivity contribution is -0.310. The number of rotatable bonds is 4. The summed E-state index contributed by atoms with van der Waals surface area (Å²) in [5.41, 5.74) is -2.19. The third kappa shape index (κ3) is 2.22.